The van der Waals surface area contributed by atoms with Crippen LogP contribution in [0.2, 0.25) is 0 Å². The van der Waals surface area contributed by atoms with Gasteiger partial charge in [0.05, 0.1) is 24.4 Å². The van der Waals surface area contributed by atoms with Gasteiger partial charge in [0.1, 0.15) is 11.6 Å². The molecule has 1 heterocycles. The Kier molecular flexibility index (Phi) is 4.93. The molecule has 5 nitrogen and oxygen atoms in total. The number of para-hydroxylation sites is 2. The number of aliphatic imine (C=N–C) groups is 2. The summed E-state index contributed by atoms with van der Waals surface area (Å²) in [5.74, 6) is 1.04. The number of amidine groups is 1. The molecule has 0 saturated heterocycles. The zero-order valence-electron chi connectivity index (χ0n) is 14.6. The van der Waals surface area contributed by atoms with Crippen LogP contribution >= 0.6 is 0 Å². The van der Waals surface area contributed by atoms with E-state index in [-0.39, 0.29) is 11.8 Å². The van der Waals surface area contributed by atoms with Gasteiger partial charge in [0.2, 0.25) is 5.91 Å². The molecular weight excluding hydrogens is 314 g/mol. The maximum Gasteiger partial charge on any atom is 0.222 e. The van der Waals surface area contributed by atoms with Gasteiger partial charge in [-0.3, -0.25) is 9.79 Å². The number of benzene rings is 2. The lowest BCUT2D eigenvalue weighted by molar-refractivity contribution is -0.117. The molecule has 1 aliphatic heterocycles. The highest BCUT2D eigenvalue weighted by Crippen LogP contribution is 2.35. The second-order valence-electron chi connectivity index (χ2n) is 5.83. The molecule has 128 valence electrons. The third-order valence-electron chi connectivity index (χ3n) is 4.11. The second kappa shape index (κ2) is 7.30. The van der Waals surface area contributed by atoms with Gasteiger partial charge >= 0.3 is 0 Å². The Morgan fingerprint density at radius 3 is 2.28 bits per heavy atom. The monoisotopic (exact) mass is 335 g/mol. The van der Waals surface area contributed by atoms with Crippen LogP contribution in [-0.4, -0.2) is 24.6 Å². The molecule has 5 heteroatoms. The third-order valence-corrected chi connectivity index (χ3v) is 4.11. The Morgan fingerprint density at radius 1 is 1.08 bits per heavy atom. The molecule has 0 bridgehead atoms. The highest BCUT2D eigenvalue weighted by Gasteiger charge is 2.27. The summed E-state index contributed by atoms with van der Waals surface area (Å²) < 4.78 is 5.25. The summed E-state index contributed by atoms with van der Waals surface area (Å²) in [5.41, 5.74) is 3.55. The van der Waals surface area contributed by atoms with Gasteiger partial charge in [0.15, 0.2) is 0 Å². The zero-order valence-corrected chi connectivity index (χ0v) is 14.6. The van der Waals surface area contributed by atoms with Gasteiger partial charge in [-0.15, -0.1) is 0 Å². The molecule has 1 amide bonds. The van der Waals surface area contributed by atoms with Gasteiger partial charge in [-0.2, -0.15) is 0 Å². The lowest BCUT2D eigenvalue weighted by Crippen LogP contribution is -2.36. The van der Waals surface area contributed by atoms with Crippen molar-refractivity contribution in [3.63, 3.8) is 0 Å². The summed E-state index contributed by atoms with van der Waals surface area (Å²) in [6.07, 6.45) is 0.754. The summed E-state index contributed by atoms with van der Waals surface area (Å²) in [7, 11) is 1.64. The van der Waals surface area contributed by atoms with Crippen LogP contribution in [0.25, 0.3) is 0 Å². The molecule has 0 spiro atoms. The molecule has 25 heavy (non-hydrogen) atoms. The fourth-order valence-electron chi connectivity index (χ4n) is 2.93. The van der Waals surface area contributed by atoms with Crippen LogP contribution in [0.3, 0.4) is 0 Å². The molecule has 0 aromatic heterocycles. The Bertz CT molecular complexity index is 838. The Labute approximate surface area is 147 Å². The Hall–Kier alpha value is -2.95. The number of rotatable bonds is 3. The number of nitrogens with one attached hydrogen (secondary N) is 1. The van der Waals surface area contributed by atoms with Crippen molar-refractivity contribution in [2.45, 2.75) is 26.2 Å². The number of methoxy groups -OCH3 is 1. The van der Waals surface area contributed by atoms with E-state index in [0.717, 1.165) is 34.8 Å². The SMILES string of the molecule is CCC1=Nc2ccccc2N=C(NC(C)=O)[C@@H]1c1ccc(OC)cc1. The largest absolute Gasteiger partial charge is 0.497 e. The number of hydrogen-bond donors (Lipinski definition) is 1. The quantitative estimate of drug-likeness (QED) is 0.916. The van der Waals surface area contributed by atoms with Crippen molar-refractivity contribution in [1.29, 1.82) is 0 Å². The van der Waals surface area contributed by atoms with Crippen LogP contribution < -0.4 is 10.1 Å². The maximum atomic E-state index is 11.8. The molecule has 0 unspecified atom stereocenters. The van der Waals surface area contributed by atoms with Crippen molar-refractivity contribution in [2.24, 2.45) is 9.98 Å². The van der Waals surface area contributed by atoms with Crippen LogP contribution in [0, 0.1) is 0 Å². The first-order valence-electron chi connectivity index (χ1n) is 8.29. The minimum atomic E-state index is -0.202. The number of nitrogens with zero attached hydrogens (tertiary/aromatic N) is 2. The number of fused-ring (bicyclic) bond motifs is 1. The average molecular weight is 335 g/mol. The molecule has 0 saturated carbocycles. The fraction of sp³-hybridized carbons (Fsp3) is 0.250. The third kappa shape index (κ3) is 3.60. The predicted molar refractivity (Wildman–Crippen MR) is 100 cm³/mol. The highest BCUT2D eigenvalue weighted by molar-refractivity contribution is 6.17. The molecular formula is C20H21N3O2. The van der Waals surface area contributed by atoms with E-state index in [1.54, 1.807) is 7.11 Å². The lowest BCUT2D eigenvalue weighted by atomic mass is 9.91. The number of carbonyl (C=O) groups excluding carboxylic acids is 1. The Morgan fingerprint density at radius 2 is 1.72 bits per heavy atom. The number of carbonyl (C=O) groups is 1. The normalized spacial score (nSPS) is 16.2. The van der Waals surface area contributed by atoms with Crippen LogP contribution in [0.5, 0.6) is 5.75 Å². The number of hydrogen-bond acceptors (Lipinski definition) is 4. The first kappa shape index (κ1) is 16.9. The number of ether oxygens (including phenoxy) is 1. The molecule has 3 rings (SSSR count). The van der Waals surface area contributed by atoms with Gasteiger partial charge < -0.3 is 10.1 Å². The summed E-state index contributed by atoms with van der Waals surface area (Å²) >= 11 is 0. The van der Waals surface area contributed by atoms with E-state index in [1.807, 2.05) is 48.5 Å². The van der Waals surface area contributed by atoms with Crippen molar-refractivity contribution >= 4 is 28.8 Å². The molecule has 0 aliphatic carbocycles. The first-order chi connectivity index (χ1) is 12.1. The van der Waals surface area contributed by atoms with Crippen molar-refractivity contribution in [3.8, 4) is 5.75 Å². The van der Waals surface area contributed by atoms with Crippen LogP contribution in [0.4, 0.5) is 11.4 Å². The summed E-state index contributed by atoms with van der Waals surface area (Å²) in [4.78, 5) is 21.3. The van der Waals surface area contributed by atoms with E-state index in [4.69, 9.17) is 14.7 Å². The van der Waals surface area contributed by atoms with Gasteiger partial charge in [-0.25, -0.2) is 4.99 Å². The summed E-state index contributed by atoms with van der Waals surface area (Å²) in [6.45, 7) is 3.56. The molecule has 0 radical (unpaired) electrons. The topological polar surface area (TPSA) is 63.0 Å². The maximum absolute atomic E-state index is 11.8. The summed E-state index contributed by atoms with van der Waals surface area (Å²) in [6, 6.07) is 15.5. The van der Waals surface area contributed by atoms with Gasteiger partial charge in [-0.05, 0) is 36.2 Å². The predicted octanol–water partition coefficient (Wildman–Crippen LogP) is 4.14. The molecule has 1 aliphatic rings. The zero-order chi connectivity index (χ0) is 17.8. The minimum absolute atomic E-state index is 0.146. The van der Waals surface area contributed by atoms with Crippen LogP contribution in [0.15, 0.2) is 58.5 Å². The molecule has 0 fully saturated rings. The van der Waals surface area contributed by atoms with E-state index < -0.39 is 0 Å². The van der Waals surface area contributed by atoms with Crippen molar-refractivity contribution in [3.05, 3.63) is 54.1 Å². The van der Waals surface area contributed by atoms with Crippen molar-refractivity contribution in [1.82, 2.24) is 5.32 Å². The Balaban J connectivity index is 2.16. The highest BCUT2D eigenvalue weighted by atomic mass is 16.5. The van der Waals surface area contributed by atoms with Gasteiger partial charge in [0, 0.05) is 12.6 Å². The van der Waals surface area contributed by atoms with E-state index >= 15 is 0 Å². The smallest absolute Gasteiger partial charge is 0.222 e. The van der Waals surface area contributed by atoms with Gasteiger partial charge in [0.25, 0.3) is 0 Å². The summed E-state index contributed by atoms with van der Waals surface area (Å²) in [5, 5.41) is 2.90. The fourth-order valence-corrected chi connectivity index (χ4v) is 2.93. The molecule has 1 N–H and O–H groups in total. The number of amides is 1. The second-order valence-corrected chi connectivity index (χ2v) is 5.83. The van der Waals surface area contributed by atoms with E-state index in [9.17, 15) is 4.79 Å². The average Bonchev–Trinajstić information content (AvgIpc) is 2.77. The van der Waals surface area contributed by atoms with E-state index in [2.05, 4.69) is 12.2 Å². The first-order valence-corrected chi connectivity index (χ1v) is 8.29. The van der Waals surface area contributed by atoms with E-state index in [1.165, 1.54) is 6.92 Å². The lowest BCUT2D eigenvalue weighted by Gasteiger charge is -2.20. The van der Waals surface area contributed by atoms with Crippen molar-refractivity contribution < 1.29 is 9.53 Å². The minimum Gasteiger partial charge on any atom is -0.497 e. The molecule has 2 aromatic carbocycles. The molecule has 1 atom stereocenters. The van der Waals surface area contributed by atoms with Gasteiger partial charge in [-0.1, -0.05) is 31.2 Å². The standard InChI is InChI=1S/C20H21N3O2/c1-4-16-19(14-9-11-15(25-3)12-10-14)20(21-13(2)24)23-18-8-6-5-7-17(18)22-16/h5-12,19H,4H2,1-3H3,(H,21,23,24)/t19-/m1/s1. The van der Waals surface area contributed by atoms with Crippen molar-refractivity contribution in [2.75, 3.05) is 7.11 Å². The molecule has 2 aromatic rings. The van der Waals surface area contributed by atoms with Crippen LogP contribution in [-0.2, 0) is 4.79 Å². The van der Waals surface area contributed by atoms with E-state index in [0.29, 0.717) is 5.84 Å². The van der Waals surface area contributed by atoms with Crippen LogP contribution in [0.1, 0.15) is 31.7 Å².